The first kappa shape index (κ1) is 18.1. The van der Waals surface area contributed by atoms with Crippen molar-refractivity contribution in [2.24, 2.45) is 4.36 Å². The van der Waals surface area contributed by atoms with Gasteiger partial charge in [-0.1, -0.05) is 0 Å². The molecule has 1 aliphatic carbocycles. The first-order valence-corrected chi connectivity index (χ1v) is 11.7. The van der Waals surface area contributed by atoms with Crippen LogP contribution in [0, 0.1) is 0 Å². The van der Waals surface area contributed by atoms with Gasteiger partial charge < -0.3 is 9.64 Å². The van der Waals surface area contributed by atoms with Crippen LogP contribution in [-0.4, -0.2) is 62.7 Å². The highest BCUT2D eigenvalue weighted by atomic mass is 32.2. The fourth-order valence-corrected chi connectivity index (χ4v) is 6.56. The van der Waals surface area contributed by atoms with E-state index in [1.165, 1.54) is 11.3 Å². The van der Waals surface area contributed by atoms with Gasteiger partial charge >= 0.3 is 5.91 Å². The zero-order chi connectivity index (χ0) is 18.4. The molecule has 142 valence electrons. The standard InChI is InChI=1S/C17H23N3O4S2/c1-12(21)20-6-7-24-17(11-20)4-8-26(23,9-5-17)19-15(22)16-18-14(10-25-16)13-2-3-13/h10,13H,2-9,11H2,1H3. The lowest BCUT2D eigenvalue weighted by Gasteiger charge is -2.45. The van der Waals surface area contributed by atoms with Gasteiger partial charge in [-0.3, -0.25) is 9.59 Å². The average molecular weight is 398 g/mol. The van der Waals surface area contributed by atoms with E-state index in [0.717, 1.165) is 18.5 Å². The van der Waals surface area contributed by atoms with Crippen LogP contribution in [0.2, 0.25) is 0 Å². The quantitative estimate of drug-likeness (QED) is 0.762. The Hall–Kier alpha value is -1.32. The van der Waals surface area contributed by atoms with Crippen molar-refractivity contribution >= 4 is 32.9 Å². The van der Waals surface area contributed by atoms with Crippen molar-refractivity contribution in [3.05, 3.63) is 16.1 Å². The number of hydrogen-bond donors (Lipinski definition) is 0. The maximum absolute atomic E-state index is 13.0. The number of ether oxygens (including phenoxy) is 1. The second kappa shape index (κ2) is 6.69. The van der Waals surface area contributed by atoms with E-state index >= 15 is 0 Å². The van der Waals surface area contributed by atoms with Crippen LogP contribution in [0.25, 0.3) is 0 Å². The summed E-state index contributed by atoms with van der Waals surface area (Å²) in [4.78, 5) is 30.2. The molecule has 0 N–H and O–H groups in total. The molecule has 3 aliphatic rings. The Kier molecular flexibility index (Phi) is 4.65. The number of carbonyl (C=O) groups excluding carboxylic acids is 2. The van der Waals surface area contributed by atoms with Gasteiger partial charge in [0.15, 0.2) is 5.01 Å². The maximum atomic E-state index is 13.0. The summed E-state index contributed by atoms with van der Waals surface area (Å²) >= 11 is 1.29. The zero-order valence-corrected chi connectivity index (χ0v) is 16.4. The van der Waals surface area contributed by atoms with E-state index in [1.807, 2.05) is 5.38 Å². The molecule has 0 unspecified atom stereocenters. The highest BCUT2D eigenvalue weighted by Crippen LogP contribution is 2.40. The van der Waals surface area contributed by atoms with Gasteiger partial charge in [0.25, 0.3) is 0 Å². The van der Waals surface area contributed by atoms with Gasteiger partial charge in [-0.2, -0.15) is 4.36 Å². The third kappa shape index (κ3) is 3.70. The topological polar surface area (TPSA) is 88.9 Å². The minimum Gasteiger partial charge on any atom is -0.371 e. The molecule has 7 nitrogen and oxygen atoms in total. The van der Waals surface area contributed by atoms with Gasteiger partial charge in [0.2, 0.25) is 5.91 Å². The lowest BCUT2D eigenvalue weighted by molar-refractivity contribution is -0.150. The Bertz CT molecular complexity index is 838. The second-order valence-electron chi connectivity index (χ2n) is 7.40. The first-order chi connectivity index (χ1) is 12.4. The molecular weight excluding hydrogens is 374 g/mol. The maximum Gasteiger partial charge on any atom is 0.314 e. The molecule has 4 rings (SSSR count). The molecule has 2 aliphatic heterocycles. The van der Waals surface area contributed by atoms with Crippen molar-refractivity contribution in [3.8, 4) is 0 Å². The predicted molar refractivity (Wildman–Crippen MR) is 98.9 cm³/mol. The van der Waals surface area contributed by atoms with Crippen LogP contribution in [0.3, 0.4) is 0 Å². The van der Waals surface area contributed by atoms with Gasteiger partial charge in [0, 0.05) is 42.8 Å². The molecule has 1 aromatic heterocycles. The number of nitrogens with zero attached hydrogens (tertiary/aromatic N) is 3. The molecule has 2 saturated heterocycles. The van der Waals surface area contributed by atoms with Crippen molar-refractivity contribution in [1.82, 2.24) is 9.88 Å². The number of carbonyl (C=O) groups is 2. The van der Waals surface area contributed by atoms with Gasteiger partial charge in [-0.25, -0.2) is 9.19 Å². The zero-order valence-electron chi connectivity index (χ0n) is 14.8. The smallest absolute Gasteiger partial charge is 0.314 e. The summed E-state index contributed by atoms with van der Waals surface area (Å²) in [5.41, 5.74) is 0.523. The van der Waals surface area contributed by atoms with E-state index in [2.05, 4.69) is 9.35 Å². The average Bonchev–Trinajstić information content (AvgIpc) is 3.35. The summed E-state index contributed by atoms with van der Waals surface area (Å²) in [5.74, 6) is 0.715. The van der Waals surface area contributed by atoms with Crippen molar-refractivity contribution in [3.63, 3.8) is 0 Å². The number of rotatable bonds is 2. The fraction of sp³-hybridized carbons (Fsp3) is 0.706. The number of amides is 2. The monoisotopic (exact) mass is 397 g/mol. The van der Waals surface area contributed by atoms with Crippen molar-refractivity contribution in [2.45, 2.75) is 44.1 Å². The normalized spacial score (nSPS) is 31.8. The van der Waals surface area contributed by atoms with Crippen LogP contribution >= 0.6 is 11.3 Å². The van der Waals surface area contributed by atoms with E-state index in [9.17, 15) is 13.8 Å². The van der Waals surface area contributed by atoms with E-state index in [-0.39, 0.29) is 5.91 Å². The van der Waals surface area contributed by atoms with Crippen LogP contribution < -0.4 is 0 Å². The van der Waals surface area contributed by atoms with Crippen LogP contribution in [0.15, 0.2) is 9.74 Å². The van der Waals surface area contributed by atoms with Crippen LogP contribution in [0.1, 0.15) is 54.0 Å². The third-order valence-electron chi connectivity index (χ3n) is 5.40. The summed E-state index contributed by atoms with van der Waals surface area (Å²) in [5, 5.41) is 2.25. The van der Waals surface area contributed by atoms with E-state index in [1.54, 1.807) is 11.8 Å². The van der Waals surface area contributed by atoms with Gasteiger partial charge in [0.05, 0.1) is 27.6 Å². The highest BCUT2D eigenvalue weighted by molar-refractivity contribution is 7.93. The minimum absolute atomic E-state index is 0.0362. The van der Waals surface area contributed by atoms with E-state index in [4.69, 9.17) is 4.74 Å². The Morgan fingerprint density at radius 1 is 1.38 bits per heavy atom. The van der Waals surface area contributed by atoms with Gasteiger partial charge in [-0.05, 0) is 25.7 Å². The Balaban J connectivity index is 1.44. The van der Waals surface area contributed by atoms with Gasteiger partial charge in [0.1, 0.15) is 0 Å². The first-order valence-electron chi connectivity index (χ1n) is 9.00. The molecule has 1 saturated carbocycles. The van der Waals surface area contributed by atoms with Crippen LogP contribution in [0.4, 0.5) is 0 Å². The van der Waals surface area contributed by atoms with E-state index in [0.29, 0.717) is 55.0 Å². The highest BCUT2D eigenvalue weighted by Gasteiger charge is 2.42. The second-order valence-corrected chi connectivity index (χ2v) is 10.8. The SMILES string of the molecule is CC(=O)N1CCOC2(CCS(=O)(=NC(=O)c3nc(C4CC4)cs3)CC2)C1. The van der Waals surface area contributed by atoms with Crippen molar-refractivity contribution < 1.29 is 18.5 Å². The van der Waals surface area contributed by atoms with Gasteiger partial charge in [-0.15, -0.1) is 11.3 Å². The van der Waals surface area contributed by atoms with E-state index < -0.39 is 21.2 Å². The molecule has 9 heteroatoms. The molecule has 1 aromatic rings. The summed E-state index contributed by atoms with van der Waals surface area (Å²) in [6, 6.07) is 0. The number of aromatic nitrogens is 1. The molecule has 3 fully saturated rings. The summed E-state index contributed by atoms with van der Waals surface area (Å²) in [7, 11) is -2.59. The molecule has 3 heterocycles. The molecule has 0 bridgehead atoms. The lowest BCUT2D eigenvalue weighted by atomic mass is 9.94. The fourth-order valence-electron chi connectivity index (χ4n) is 3.57. The molecule has 1 spiro atoms. The third-order valence-corrected chi connectivity index (χ3v) is 8.43. The van der Waals surface area contributed by atoms with Crippen molar-refractivity contribution in [2.75, 3.05) is 31.2 Å². The number of thiazole rings is 1. The van der Waals surface area contributed by atoms with Crippen molar-refractivity contribution in [1.29, 1.82) is 0 Å². The number of morpholine rings is 1. The lowest BCUT2D eigenvalue weighted by Crippen LogP contribution is -2.56. The van der Waals surface area contributed by atoms with Crippen LogP contribution in [-0.2, 0) is 19.3 Å². The molecule has 0 atom stereocenters. The van der Waals surface area contributed by atoms with Crippen LogP contribution in [0.5, 0.6) is 0 Å². The minimum atomic E-state index is -2.59. The number of hydrogen-bond acceptors (Lipinski definition) is 6. The molecule has 0 radical (unpaired) electrons. The summed E-state index contributed by atoms with van der Waals surface area (Å²) in [6.07, 6.45) is 3.37. The molecular formula is C17H23N3O4S2. The Morgan fingerprint density at radius 2 is 2.12 bits per heavy atom. The molecule has 0 aromatic carbocycles. The molecule has 2 amide bonds. The Labute approximate surface area is 157 Å². The summed E-state index contributed by atoms with van der Waals surface area (Å²) < 4.78 is 23.1. The largest absolute Gasteiger partial charge is 0.371 e. The summed E-state index contributed by atoms with van der Waals surface area (Å²) in [6.45, 7) is 3.19. The Morgan fingerprint density at radius 3 is 2.77 bits per heavy atom. The predicted octanol–water partition coefficient (Wildman–Crippen LogP) is 2.04. The molecule has 26 heavy (non-hydrogen) atoms.